The van der Waals surface area contributed by atoms with Gasteiger partial charge in [-0.1, -0.05) is 54.2 Å². The van der Waals surface area contributed by atoms with Crippen molar-refractivity contribution in [3.05, 3.63) is 95.1 Å². The molecule has 2 aliphatic heterocycles. The van der Waals surface area contributed by atoms with Gasteiger partial charge in [-0.05, 0) is 68.0 Å². The number of fused-ring (bicyclic) bond motifs is 2. The summed E-state index contributed by atoms with van der Waals surface area (Å²) >= 11 is 1.81. The van der Waals surface area contributed by atoms with Crippen LogP contribution < -0.4 is 0 Å². The Bertz CT molecular complexity index is 1250. The van der Waals surface area contributed by atoms with Gasteiger partial charge in [-0.2, -0.15) is 0 Å². The minimum absolute atomic E-state index is 0.0362. The Morgan fingerprint density at radius 2 is 1.74 bits per heavy atom. The number of nitrogens with zero attached hydrogens (tertiary/aromatic N) is 2. The average Bonchev–Trinajstić information content (AvgIpc) is 2.97. The number of likely N-dealkylation sites (tertiary alicyclic amines) is 1. The summed E-state index contributed by atoms with van der Waals surface area (Å²) in [6, 6.07) is 22.0. The number of piperidine rings is 1. The molecule has 0 saturated carbocycles. The maximum absolute atomic E-state index is 13.2. The maximum atomic E-state index is 13.2. The van der Waals surface area contributed by atoms with Crippen LogP contribution in [0.3, 0.4) is 0 Å². The lowest BCUT2D eigenvalue weighted by atomic mass is 10.0. The molecule has 0 spiro atoms. The normalized spacial score (nSPS) is 17.2. The molecule has 3 aromatic rings. The van der Waals surface area contributed by atoms with Crippen LogP contribution in [0, 0.1) is 0 Å². The van der Waals surface area contributed by atoms with E-state index >= 15 is 0 Å². The topological polar surface area (TPSA) is 43.8 Å². The Morgan fingerprint density at radius 1 is 0.971 bits per heavy atom. The molecule has 2 heterocycles. The van der Waals surface area contributed by atoms with E-state index < -0.39 is 0 Å². The Morgan fingerprint density at radius 3 is 2.57 bits per heavy atom. The highest BCUT2D eigenvalue weighted by Crippen LogP contribution is 2.39. The molecule has 1 saturated heterocycles. The summed E-state index contributed by atoms with van der Waals surface area (Å²) in [5, 5.41) is 10.1. The molecule has 0 bridgehead atoms. The number of hydrogen-bond donors (Lipinski definition) is 1. The summed E-state index contributed by atoms with van der Waals surface area (Å²) in [6.45, 7) is 2.62. The molecule has 0 aliphatic carbocycles. The fourth-order valence-electron chi connectivity index (χ4n) is 4.99. The van der Waals surface area contributed by atoms with Crippen LogP contribution in [0.2, 0.25) is 0 Å². The quantitative estimate of drug-likeness (QED) is 0.454. The van der Waals surface area contributed by atoms with Gasteiger partial charge in [0.2, 0.25) is 0 Å². The Balaban J connectivity index is 1.42. The van der Waals surface area contributed by atoms with E-state index in [1.54, 1.807) is 35.8 Å². The van der Waals surface area contributed by atoms with Crippen molar-refractivity contribution in [1.29, 1.82) is 0 Å². The van der Waals surface area contributed by atoms with Crippen molar-refractivity contribution in [3.8, 4) is 5.75 Å². The van der Waals surface area contributed by atoms with Gasteiger partial charge >= 0.3 is 0 Å². The SMILES string of the molecule is CN(Cc1ccccc1O)C(=O)c1ccc2c(c1)CC/C=C(\N1CCCCC1)c1ccccc1S2. The summed E-state index contributed by atoms with van der Waals surface area (Å²) in [4.78, 5) is 20.0. The lowest BCUT2D eigenvalue weighted by molar-refractivity contribution is 0.0784. The van der Waals surface area contributed by atoms with Crippen LogP contribution in [-0.4, -0.2) is 41.0 Å². The van der Waals surface area contributed by atoms with E-state index in [-0.39, 0.29) is 11.7 Å². The zero-order chi connectivity index (χ0) is 24.2. The largest absolute Gasteiger partial charge is 0.508 e. The minimum Gasteiger partial charge on any atom is -0.508 e. The molecule has 5 heteroatoms. The van der Waals surface area contributed by atoms with Crippen molar-refractivity contribution >= 4 is 23.4 Å². The maximum Gasteiger partial charge on any atom is 0.253 e. The van der Waals surface area contributed by atoms with Gasteiger partial charge < -0.3 is 14.9 Å². The number of amides is 1. The van der Waals surface area contributed by atoms with Crippen molar-refractivity contribution in [2.45, 2.75) is 48.4 Å². The zero-order valence-corrected chi connectivity index (χ0v) is 21.1. The number of para-hydroxylation sites is 1. The second-order valence-corrected chi connectivity index (χ2v) is 10.5. The molecule has 3 aromatic carbocycles. The van der Waals surface area contributed by atoms with E-state index in [0.717, 1.165) is 31.5 Å². The summed E-state index contributed by atoms with van der Waals surface area (Å²) in [5.74, 6) is 0.179. The van der Waals surface area contributed by atoms with Gasteiger partial charge in [0, 0.05) is 58.9 Å². The first-order valence-corrected chi connectivity index (χ1v) is 13.3. The minimum atomic E-state index is -0.0362. The van der Waals surface area contributed by atoms with E-state index in [0.29, 0.717) is 12.1 Å². The Kier molecular flexibility index (Phi) is 7.14. The van der Waals surface area contributed by atoms with Crippen LogP contribution in [0.4, 0.5) is 0 Å². The van der Waals surface area contributed by atoms with Gasteiger partial charge in [0.1, 0.15) is 5.75 Å². The van der Waals surface area contributed by atoms with Gasteiger partial charge in [-0.25, -0.2) is 0 Å². The number of carbonyl (C=O) groups is 1. The number of rotatable bonds is 4. The second-order valence-electron chi connectivity index (χ2n) is 9.39. The van der Waals surface area contributed by atoms with Crippen LogP contribution in [0.1, 0.15) is 52.7 Å². The molecule has 0 atom stereocenters. The average molecular weight is 485 g/mol. The summed E-state index contributed by atoms with van der Waals surface area (Å²) in [7, 11) is 1.79. The van der Waals surface area contributed by atoms with Crippen LogP contribution in [-0.2, 0) is 13.0 Å². The van der Waals surface area contributed by atoms with Gasteiger partial charge in [0.05, 0.1) is 0 Å². The number of carbonyl (C=O) groups excluding carboxylic acids is 1. The van der Waals surface area contributed by atoms with Gasteiger partial charge in [-0.3, -0.25) is 4.79 Å². The lowest BCUT2D eigenvalue weighted by Gasteiger charge is -2.32. The first kappa shape index (κ1) is 23.6. The molecule has 2 aliphatic rings. The molecular weight excluding hydrogens is 452 g/mol. The highest BCUT2D eigenvalue weighted by molar-refractivity contribution is 7.99. The first-order valence-electron chi connectivity index (χ1n) is 12.5. The molecule has 1 amide bonds. The van der Waals surface area contributed by atoms with Crippen LogP contribution in [0.25, 0.3) is 5.70 Å². The molecule has 1 N–H and O–H groups in total. The van der Waals surface area contributed by atoms with Crippen molar-refractivity contribution in [2.75, 3.05) is 20.1 Å². The highest BCUT2D eigenvalue weighted by Gasteiger charge is 2.21. The zero-order valence-electron chi connectivity index (χ0n) is 20.2. The van der Waals surface area contributed by atoms with Crippen molar-refractivity contribution in [3.63, 3.8) is 0 Å². The smallest absolute Gasteiger partial charge is 0.253 e. The van der Waals surface area contributed by atoms with E-state index in [9.17, 15) is 9.90 Å². The number of phenolic OH excluding ortho intramolecular Hbond substituents is 1. The third-order valence-electron chi connectivity index (χ3n) is 6.88. The molecule has 35 heavy (non-hydrogen) atoms. The van der Waals surface area contributed by atoms with E-state index in [1.807, 2.05) is 18.2 Å². The molecule has 4 nitrogen and oxygen atoms in total. The standard InChI is InChI=1S/C30H32N2O2S/c1-31(21-24-10-3-5-14-27(24)33)30(34)23-16-17-28-22(20-23)11-9-13-26(32-18-7-2-8-19-32)25-12-4-6-15-29(25)35-28/h3-6,10,12-17,20,33H,2,7-9,11,18-19,21H2,1H3/b26-13-. The van der Waals surface area contributed by atoms with Gasteiger partial charge in [0.25, 0.3) is 5.91 Å². The van der Waals surface area contributed by atoms with Crippen molar-refractivity contribution < 1.29 is 9.90 Å². The van der Waals surface area contributed by atoms with Crippen molar-refractivity contribution in [2.24, 2.45) is 0 Å². The fraction of sp³-hybridized carbons (Fsp3) is 0.300. The molecule has 0 aromatic heterocycles. The number of benzene rings is 3. The fourth-order valence-corrected chi connectivity index (χ4v) is 6.09. The predicted octanol–water partition coefficient (Wildman–Crippen LogP) is 6.59. The first-order chi connectivity index (χ1) is 17.1. The number of aromatic hydroxyl groups is 1. The van der Waals surface area contributed by atoms with Gasteiger partial charge in [0.15, 0.2) is 0 Å². The van der Waals surface area contributed by atoms with Crippen molar-refractivity contribution in [1.82, 2.24) is 9.80 Å². The third kappa shape index (κ3) is 5.25. The third-order valence-corrected chi connectivity index (χ3v) is 8.08. The number of hydrogen-bond acceptors (Lipinski definition) is 4. The van der Waals surface area contributed by atoms with E-state index in [2.05, 4.69) is 47.4 Å². The Hall–Kier alpha value is -3.18. The number of aryl methyl sites for hydroxylation is 1. The summed E-state index contributed by atoms with van der Waals surface area (Å²) in [5.41, 5.74) is 5.32. The molecule has 1 fully saturated rings. The summed E-state index contributed by atoms with van der Waals surface area (Å²) in [6.07, 6.45) is 8.08. The van der Waals surface area contributed by atoms with E-state index in [4.69, 9.17) is 0 Å². The molecule has 5 rings (SSSR count). The Labute approximate surface area is 212 Å². The summed E-state index contributed by atoms with van der Waals surface area (Å²) < 4.78 is 0. The monoisotopic (exact) mass is 484 g/mol. The van der Waals surface area contributed by atoms with Crippen LogP contribution in [0.5, 0.6) is 5.75 Å². The highest BCUT2D eigenvalue weighted by atomic mass is 32.2. The van der Waals surface area contributed by atoms with Crippen LogP contribution in [0.15, 0.2) is 82.6 Å². The van der Waals surface area contributed by atoms with Gasteiger partial charge in [-0.15, -0.1) is 0 Å². The number of allylic oxidation sites excluding steroid dienone is 1. The number of phenols is 1. The van der Waals surface area contributed by atoms with E-state index in [1.165, 1.54) is 45.9 Å². The lowest BCUT2D eigenvalue weighted by Crippen LogP contribution is -2.28. The molecule has 180 valence electrons. The second kappa shape index (κ2) is 10.6. The molecule has 0 radical (unpaired) electrons. The molecular formula is C30H32N2O2S. The predicted molar refractivity (Wildman–Crippen MR) is 143 cm³/mol. The molecule has 0 unspecified atom stereocenters. The van der Waals surface area contributed by atoms with Crippen LogP contribution >= 0.6 is 11.8 Å².